The molecule has 2 atom stereocenters. The fourth-order valence-electron chi connectivity index (χ4n) is 1.96. The molecule has 1 aromatic rings. The van der Waals surface area contributed by atoms with Gasteiger partial charge in [0.05, 0.1) is 7.11 Å². The average Bonchev–Trinajstić information content (AvgIpc) is 2.45. The van der Waals surface area contributed by atoms with Crippen LogP contribution in [-0.4, -0.2) is 42.7 Å². The van der Waals surface area contributed by atoms with Crippen LogP contribution in [0.25, 0.3) is 0 Å². The van der Waals surface area contributed by atoms with Crippen molar-refractivity contribution >= 4 is 11.9 Å². The smallest absolute Gasteiger partial charge is 0.316 e. The maximum absolute atomic E-state index is 12.5. The van der Waals surface area contributed by atoms with Crippen molar-refractivity contribution in [1.82, 2.24) is 5.06 Å². The highest BCUT2D eigenvalue weighted by Gasteiger charge is 2.36. The predicted octanol–water partition coefficient (Wildman–Crippen LogP) is 1.46. The average molecular weight is 308 g/mol. The van der Waals surface area contributed by atoms with Crippen LogP contribution in [0, 0.1) is 0 Å². The highest BCUT2D eigenvalue weighted by atomic mass is 16.7. The molecule has 6 nitrogen and oxygen atoms in total. The Morgan fingerprint density at radius 1 is 1.18 bits per heavy atom. The zero-order valence-corrected chi connectivity index (χ0v) is 13.7. The molecule has 1 amide bonds. The first-order chi connectivity index (χ1) is 10.2. The van der Waals surface area contributed by atoms with Gasteiger partial charge in [-0.1, -0.05) is 30.3 Å². The molecule has 0 bridgehead atoms. The Labute approximate surface area is 131 Å². The fraction of sp³-hybridized carbons (Fsp3) is 0.500. The summed E-state index contributed by atoms with van der Waals surface area (Å²) in [4.78, 5) is 29.6. The number of likely N-dealkylation sites (N-methyl/N-ethyl adjacent to an activating group) is 1. The molecule has 0 fully saturated rings. The standard InChI is InChI=1S/C16H24N2O4/c1-16(2,3)22-15(20)12(11-9-7-6-8-10-11)13(17)14(19)18(4)21-5/h6-10,12-13H,17H2,1-5H3. The van der Waals surface area contributed by atoms with Gasteiger partial charge in [0.25, 0.3) is 5.91 Å². The summed E-state index contributed by atoms with van der Waals surface area (Å²) < 4.78 is 5.41. The predicted molar refractivity (Wildman–Crippen MR) is 82.8 cm³/mol. The molecular formula is C16H24N2O4. The van der Waals surface area contributed by atoms with Crippen molar-refractivity contribution in [2.24, 2.45) is 5.73 Å². The van der Waals surface area contributed by atoms with Crippen molar-refractivity contribution < 1.29 is 19.2 Å². The molecule has 22 heavy (non-hydrogen) atoms. The Hall–Kier alpha value is -1.92. The molecule has 122 valence electrons. The van der Waals surface area contributed by atoms with Crippen molar-refractivity contribution in [3.8, 4) is 0 Å². The van der Waals surface area contributed by atoms with E-state index in [0.29, 0.717) is 5.56 Å². The minimum atomic E-state index is -1.10. The van der Waals surface area contributed by atoms with E-state index in [0.717, 1.165) is 5.06 Å². The van der Waals surface area contributed by atoms with Gasteiger partial charge in [-0.3, -0.25) is 14.4 Å². The van der Waals surface area contributed by atoms with E-state index in [-0.39, 0.29) is 0 Å². The van der Waals surface area contributed by atoms with Gasteiger partial charge < -0.3 is 10.5 Å². The first-order valence-electron chi connectivity index (χ1n) is 7.02. The van der Waals surface area contributed by atoms with Gasteiger partial charge in [-0.2, -0.15) is 0 Å². The number of carbonyl (C=O) groups is 2. The van der Waals surface area contributed by atoms with E-state index in [1.165, 1.54) is 14.2 Å². The Kier molecular flexibility index (Phi) is 6.08. The third-order valence-electron chi connectivity index (χ3n) is 3.05. The van der Waals surface area contributed by atoms with E-state index in [1.807, 2.05) is 6.07 Å². The van der Waals surface area contributed by atoms with Gasteiger partial charge in [-0.05, 0) is 26.3 Å². The quantitative estimate of drug-likeness (QED) is 0.658. The highest BCUT2D eigenvalue weighted by molar-refractivity contribution is 5.90. The molecule has 1 rings (SSSR count). The zero-order chi connectivity index (χ0) is 16.9. The molecule has 0 heterocycles. The maximum atomic E-state index is 12.5. The molecule has 0 spiro atoms. The lowest BCUT2D eigenvalue weighted by atomic mass is 9.91. The van der Waals surface area contributed by atoms with Crippen LogP contribution in [0.4, 0.5) is 0 Å². The first kappa shape index (κ1) is 18.1. The van der Waals surface area contributed by atoms with Crippen molar-refractivity contribution in [1.29, 1.82) is 0 Å². The second kappa shape index (κ2) is 7.38. The van der Waals surface area contributed by atoms with Crippen LogP contribution in [0.15, 0.2) is 30.3 Å². The summed E-state index contributed by atoms with van der Waals surface area (Å²) in [7, 11) is 2.80. The topological polar surface area (TPSA) is 81.9 Å². The summed E-state index contributed by atoms with van der Waals surface area (Å²) in [5, 5.41) is 1.00. The van der Waals surface area contributed by atoms with Crippen LogP contribution in [0.2, 0.25) is 0 Å². The minimum Gasteiger partial charge on any atom is -0.459 e. The van der Waals surface area contributed by atoms with Gasteiger partial charge in [0.15, 0.2) is 0 Å². The molecule has 0 aliphatic carbocycles. The Morgan fingerprint density at radius 3 is 2.18 bits per heavy atom. The fourth-order valence-corrected chi connectivity index (χ4v) is 1.96. The SMILES string of the molecule is CON(C)C(=O)C(N)C(C(=O)OC(C)(C)C)c1ccccc1. The second-order valence-corrected chi connectivity index (χ2v) is 5.97. The largest absolute Gasteiger partial charge is 0.459 e. The van der Waals surface area contributed by atoms with E-state index in [9.17, 15) is 9.59 Å². The third-order valence-corrected chi connectivity index (χ3v) is 3.05. The van der Waals surface area contributed by atoms with E-state index >= 15 is 0 Å². The van der Waals surface area contributed by atoms with Crippen LogP contribution in [0.3, 0.4) is 0 Å². The summed E-state index contributed by atoms with van der Waals surface area (Å²) in [6, 6.07) is 7.78. The first-order valence-corrected chi connectivity index (χ1v) is 7.02. The molecule has 1 aromatic carbocycles. The number of benzene rings is 1. The number of carbonyl (C=O) groups excluding carboxylic acids is 2. The molecule has 0 aliphatic rings. The van der Waals surface area contributed by atoms with E-state index < -0.39 is 29.4 Å². The molecule has 0 aliphatic heterocycles. The molecule has 0 aromatic heterocycles. The summed E-state index contributed by atoms with van der Waals surface area (Å²) in [6.45, 7) is 5.30. The Bertz CT molecular complexity index is 511. The number of esters is 1. The lowest BCUT2D eigenvalue weighted by molar-refractivity contribution is -0.174. The molecule has 0 saturated heterocycles. The van der Waals surface area contributed by atoms with Crippen LogP contribution < -0.4 is 5.73 Å². The number of hydroxylamine groups is 2. The lowest BCUT2D eigenvalue weighted by Crippen LogP contribution is -2.48. The molecule has 0 saturated carbocycles. The number of nitrogens with two attached hydrogens (primary N) is 1. The van der Waals surface area contributed by atoms with Crippen LogP contribution >= 0.6 is 0 Å². The van der Waals surface area contributed by atoms with Gasteiger partial charge in [0.2, 0.25) is 0 Å². The zero-order valence-electron chi connectivity index (χ0n) is 13.7. The minimum absolute atomic E-state index is 0.498. The summed E-state index contributed by atoms with van der Waals surface area (Å²) in [6.07, 6.45) is 0. The van der Waals surface area contributed by atoms with Crippen molar-refractivity contribution in [3.63, 3.8) is 0 Å². The molecular weight excluding hydrogens is 284 g/mol. The summed E-state index contributed by atoms with van der Waals surface area (Å²) in [5.41, 5.74) is 5.98. The van der Waals surface area contributed by atoms with Gasteiger partial charge in [-0.15, -0.1) is 0 Å². The highest BCUT2D eigenvalue weighted by Crippen LogP contribution is 2.24. The molecule has 2 unspecified atom stereocenters. The lowest BCUT2D eigenvalue weighted by Gasteiger charge is -2.28. The van der Waals surface area contributed by atoms with Crippen LogP contribution in [0.5, 0.6) is 0 Å². The normalized spacial score (nSPS) is 14.1. The summed E-state index contributed by atoms with van der Waals surface area (Å²) in [5.74, 6) is -1.93. The third kappa shape index (κ3) is 4.82. The van der Waals surface area contributed by atoms with E-state index in [2.05, 4.69) is 0 Å². The number of rotatable bonds is 5. The van der Waals surface area contributed by atoms with Crippen molar-refractivity contribution in [2.45, 2.75) is 38.3 Å². The number of hydrogen-bond acceptors (Lipinski definition) is 5. The van der Waals surface area contributed by atoms with Gasteiger partial charge >= 0.3 is 5.97 Å². The summed E-state index contributed by atoms with van der Waals surface area (Å²) >= 11 is 0. The van der Waals surface area contributed by atoms with Gasteiger partial charge in [-0.25, -0.2) is 5.06 Å². The van der Waals surface area contributed by atoms with Crippen molar-refractivity contribution in [2.75, 3.05) is 14.2 Å². The van der Waals surface area contributed by atoms with Crippen LogP contribution in [-0.2, 0) is 19.2 Å². The molecule has 6 heteroatoms. The van der Waals surface area contributed by atoms with E-state index in [4.69, 9.17) is 15.3 Å². The van der Waals surface area contributed by atoms with Crippen LogP contribution in [0.1, 0.15) is 32.3 Å². The Morgan fingerprint density at radius 2 is 1.73 bits per heavy atom. The van der Waals surface area contributed by atoms with Crippen molar-refractivity contribution in [3.05, 3.63) is 35.9 Å². The number of hydrogen-bond donors (Lipinski definition) is 1. The number of nitrogens with zero attached hydrogens (tertiary/aromatic N) is 1. The van der Waals surface area contributed by atoms with Gasteiger partial charge in [0, 0.05) is 7.05 Å². The molecule has 0 radical (unpaired) electrons. The number of ether oxygens (including phenoxy) is 1. The second-order valence-electron chi connectivity index (χ2n) is 5.97. The number of amides is 1. The van der Waals surface area contributed by atoms with E-state index in [1.54, 1.807) is 45.0 Å². The van der Waals surface area contributed by atoms with Gasteiger partial charge in [0.1, 0.15) is 17.6 Å². The maximum Gasteiger partial charge on any atom is 0.316 e. The molecule has 2 N–H and O–H groups in total. The Balaban J connectivity index is 3.12. The monoisotopic (exact) mass is 308 g/mol.